The highest BCUT2D eigenvalue weighted by Crippen LogP contribution is 2.35. The number of hydrogen-bond acceptors (Lipinski definition) is 6. The Bertz CT molecular complexity index is 952. The van der Waals surface area contributed by atoms with Gasteiger partial charge in [-0.15, -0.1) is 11.3 Å². The number of halogens is 1. The Kier molecular flexibility index (Phi) is 5.67. The highest BCUT2D eigenvalue weighted by Gasteiger charge is 2.30. The molecule has 1 aliphatic rings. The summed E-state index contributed by atoms with van der Waals surface area (Å²) >= 11 is 7.51. The third-order valence-electron chi connectivity index (χ3n) is 3.93. The number of esters is 2. The summed E-state index contributed by atoms with van der Waals surface area (Å²) < 4.78 is 11.2. The molecule has 0 saturated heterocycles. The second kappa shape index (κ2) is 7.98. The van der Waals surface area contributed by atoms with Crippen molar-refractivity contribution in [2.45, 2.75) is 19.9 Å². The van der Waals surface area contributed by atoms with Crippen LogP contribution >= 0.6 is 22.9 Å². The Balaban J connectivity index is 1.82. The van der Waals surface area contributed by atoms with Crippen molar-refractivity contribution in [2.24, 2.45) is 0 Å². The number of ether oxygens (including phenoxy) is 2. The topological polar surface area (TPSA) is 93.7 Å². The van der Waals surface area contributed by atoms with Gasteiger partial charge in [-0.3, -0.25) is 0 Å². The third kappa shape index (κ3) is 3.91. The highest BCUT2D eigenvalue weighted by atomic mass is 35.5. The van der Waals surface area contributed by atoms with Crippen molar-refractivity contribution in [2.75, 3.05) is 13.2 Å². The van der Waals surface area contributed by atoms with Crippen molar-refractivity contribution in [1.29, 1.82) is 0 Å². The van der Waals surface area contributed by atoms with Gasteiger partial charge in [0.15, 0.2) is 0 Å². The number of thiophene rings is 1. The van der Waals surface area contributed by atoms with Gasteiger partial charge in [-0.25, -0.2) is 14.4 Å². The Labute approximate surface area is 164 Å². The average Bonchev–Trinajstić information content (AvgIpc) is 2.96. The minimum atomic E-state index is -0.627. The largest absolute Gasteiger partial charge is 0.463 e. The molecule has 142 valence electrons. The third-order valence-corrected chi connectivity index (χ3v) is 5.59. The Hall–Kier alpha value is -2.58. The minimum absolute atomic E-state index is 0.188. The van der Waals surface area contributed by atoms with E-state index in [0.717, 1.165) is 10.1 Å². The number of urea groups is 1. The van der Waals surface area contributed by atoms with Gasteiger partial charge in [0.25, 0.3) is 0 Å². The van der Waals surface area contributed by atoms with Crippen molar-refractivity contribution in [3.63, 3.8) is 0 Å². The van der Waals surface area contributed by atoms with E-state index in [1.807, 2.05) is 24.3 Å². The first-order valence-corrected chi connectivity index (χ1v) is 9.43. The zero-order chi connectivity index (χ0) is 19.6. The van der Waals surface area contributed by atoms with Gasteiger partial charge < -0.3 is 20.1 Å². The van der Waals surface area contributed by atoms with Crippen LogP contribution in [0.4, 0.5) is 4.79 Å². The number of hydrogen-bond donors (Lipinski definition) is 2. The molecule has 27 heavy (non-hydrogen) atoms. The molecule has 0 bridgehead atoms. The summed E-state index contributed by atoms with van der Waals surface area (Å²) in [4.78, 5) is 36.7. The van der Waals surface area contributed by atoms with Gasteiger partial charge in [0.1, 0.15) is 11.5 Å². The molecule has 2 N–H and O–H groups in total. The molecule has 1 atom stereocenters. The molecule has 0 unspecified atom stereocenters. The quantitative estimate of drug-likeness (QED) is 0.741. The molecule has 0 saturated carbocycles. The number of rotatable bonds is 5. The second-order valence-electron chi connectivity index (χ2n) is 5.75. The minimum Gasteiger partial charge on any atom is -0.463 e. The Morgan fingerprint density at radius 2 is 1.96 bits per heavy atom. The highest BCUT2D eigenvalue weighted by molar-refractivity contribution is 7.21. The molecule has 1 aliphatic heterocycles. The number of amides is 2. The molecule has 0 spiro atoms. The predicted molar refractivity (Wildman–Crippen MR) is 102 cm³/mol. The number of benzene rings is 1. The summed E-state index contributed by atoms with van der Waals surface area (Å²) in [5.41, 5.74) is 0.405. The average molecular weight is 409 g/mol. The molecule has 1 aromatic carbocycles. The van der Waals surface area contributed by atoms with E-state index in [1.165, 1.54) is 11.3 Å². The molecule has 7 nitrogen and oxygen atoms in total. The fourth-order valence-corrected chi connectivity index (χ4v) is 4.14. The Morgan fingerprint density at radius 1 is 1.22 bits per heavy atom. The van der Waals surface area contributed by atoms with Crippen molar-refractivity contribution in [3.05, 3.63) is 45.4 Å². The molecular weight excluding hydrogens is 392 g/mol. The molecule has 2 heterocycles. The summed E-state index contributed by atoms with van der Waals surface area (Å²) in [5.74, 6) is -1.21. The molecular formula is C18H17ClN2O5S. The maximum atomic E-state index is 12.5. The standard InChI is InChI=1S/C18H17ClN2O5S/c1-3-25-16(22)13-9(2)20-18(24)21-11(13)8-26-17(23)15-14(19)10-6-4-5-7-12(10)27-15/h4-7,9H,3,8H2,1-2H3,(H2,20,21,24)/t9-/m1/s1. The maximum Gasteiger partial charge on any atom is 0.350 e. The van der Waals surface area contributed by atoms with Gasteiger partial charge in [-0.05, 0) is 19.9 Å². The molecule has 9 heteroatoms. The number of carbonyl (C=O) groups excluding carboxylic acids is 3. The van der Waals surface area contributed by atoms with E-state index >= 15 is 0 Å². The number of fused-ring (bicyclic) bond motifs is 1. The van der Waals surface area contributed by atoms with Crippen LogP contribution in [-0.2, 0) is 14.3 Å². The fraction of sp³-hybridized carbons (Fsp3) is 0.278. The molecule has 2 amide bonds. The smallest absolute Gasteiger partial charge is 0.350 e. The van der Waals surface area contributed by atoms with Crippen LogP contribution in [0.5, 0.6) is 0 Å². The zero-order valence-corrected chi connectivity index (χ0v) is 16.2. The van der Waals surface area contributed by atoms with Gasteiger partial charge in [0, 0.05) is 10.1 Å². The van der Waals surface area contributed by atoms with Gasteiger partial charge in [-0.1, -0.05) is 29.8 Å². The lowest BCUT2D eigenvalue weighted by atomic mass is 10.0. The van der Waals surface area contributed by atoms with Gasteiger partial charge in [0.2, 0.25) is 0 Å². The van der Waals surface area contributed by atoms with E-state index in [-0.39, 0.29) is 29.4 Å². The van der Waals surface area contributed by atoms with E-state index in [0.29, 0.717) is 5.02 Å². The van der Waals surface area contributed by atoms with Crippen molar-refractivity contribution < 1.29 is 23.9 Å². The summed E-state index contributed by atoms with van der Waals surface area (Å²) in [7, 11) is 0. The van der Waals surface area contributed by atoms with E-state index in [1.54, 1.807) is 13.8 Å². The summed E-state index contributed by atoms with van der Waals surface area (Å²) in [6, 6.07) is 6.31. The van der Waals surface area contributed by atoms with E-state index < -0.39 is 24.0 Å². The zero-order valence-electron chi connectivity index (χ0n) is 14.6. The second-order valence-corrected chi connectivity index (χ2v) is 7.18. The van der Waals surface area contributed by atoms with Crippen molar-refractivity contribution in [1.82, 2.24) is 10.6 Å². The number of nitrogens with one attached hydrogen (secondary N) is 2. The first kappa shape index (κ1) is 19.2. The van der Waals surface area contributed by atoms with E-state index in [2.05, 4.69) is 10.6 Å². The lowest BCUT2D eigenvalue weighted by Gasteiger charge is -2.26. The van der Waals surface area contributed by atoms with Crippen LogP contribution in [-0.4, -0.2) is 37.2 Å². The van der Waals surface area contributed by atoms with Gasteiger partial charge in [-0.2, -0.15) is 0 Å². The normalized spacial score (nSPS) is 16.7. The Morgan fingerprint density at radius 3 is 2.67 bits per heavy atom. The van der Waals surface area contributed by atoms with Crippen LogP contribution < -0.4 is 10.6 Å². The summed E-state index contributed by atoms with van der Waals surface area (Å²) in [6.07, 6.45) is 0. The van der Waals surface area contributed by atoms with Crippen LogP contribution in [0.3, 0.4) is 0 Å². The van der Waals surface area contributed by atoms with Crippen LogP contribution in [0, 0.1) is 0 Å². The number of carbonyl (C=O) groups is 3. The van der Waals surface area contributed by atoms with Crippen molar-refractivity contribution in [3.8, 4) is 0 Å². The van der Waals surface area contributed by atoms with E-state index in [9.17, 15) is 14.4 Å². The van der Waals surface area contributed by atoms with Crippen molar-refractivity contribution >= 4 is 51.0 Å². The van der Waals surface area contributed by atoms with Crippen LogP contribution in [0.2, 0.25) is 5.02 Å². The predicted octanol–water partition coefficient (Wildman–Crippen LogP) is 3.23. The van der Waals surface area contributed by atoms with E-state index in [4.69, 9.17) is 21.1 Å². The molecule has 2 aromatic rings. The van der Waals surface area contributed by atoms with Gasteiger partial charge >= 0.3 is 18.0 Å². The SMILES string of the molecule is CCOC(=O)C1=C(COC(=O)c2sc3ccccc3c2Cl)NC(=O)N[C@@H]1C. The molecule has 0 aliphatic carbocycles. The first-order chi connectivity index (χ1) is 12.9. The fourth-order valence-electron chi connectivity index (χ4n) is 2.74. The summed E-state index contributed by atoms with van der Waals surface area (Å²) in [6.45, 7) is 3.24. The molecule has 0 radical (unpaired) electrons. The summed E-state index contributed by atoms with van der Waals surface area (Å²) in [5, 5.41) is 6.17. The lowest BCUT2D eigenvalue weighted by molar-refractivity contribution is -0.139. The maximum absolute atomic E-state index is 12.5. The van der Waals surface area contributed by atoms with Crippen LogP contribution in [0.1, 0.15) is 23.5 Å². The molecule has 0 fully saturated rings. The van der Waals surface area contributed by atoms with Crippen LogP contribution in [0.25, 0.3) is 10.1 Å². The van der Waals surface area contributed by atoms with Crippen LogP contribution in [0.15, 0.2) is 35.5 Å². The lowest BCUT2D eigenvalue weighted by Crippen LogP contribution is -2.50. The van der Waals surface area contributed by atoms with Gasteiger partial charge in [0.05, 0.1) is 28.9 Å². The molecule has 1 aromatic heterocycles. The molecule has 3 rings (SSSR count). The first-order valence-electron chi connectivity index (χ1n) is 8.24. The monoisotopic (exact) mass is 408 g/mol.